The second kappa shape index (κ2) is 10.5. The first-order valence-electron chi connectivity index (χ1n) is 10.8. The molecule has 3 aromatic carbocycles. The van der Waals surface area contributed by atoms with E-state index in [1.807, 2.05) is 31.8 Å². The van der Waals surface area contributed by atoms with Gasteiger partial charge in [-0.25, -0.2) is 13.1 Å². The van der Waals surface area contributed by atoms with Crippen LogP contribution in [0.4, 0.5) is 0 Å². The molecule has 5 nitrogen and oxygen atoms in total. The summed E-state index contributed by atoms with van der Waals surface area (Å²) in [6.07, 6.45) is -0.690. The van der Waals surface area contributed by atoms with Crippen molar-refractivity contribution in [3.8, 4) is 0 Å². The Labute approximate surface area is 212 Å². The van der Waals surface area contributed by atoms with Crippen molar-refractivity contribution in [1.82, 2.24) is 4.72 Å². The molecule has 3 aromatic rings. The predicted molar refractivity (Wildman–Crippen MR) is 140 cm³/mol. The van der Waals surface area contributed by atoms with Gasteiger partial charge in [-0.15, -0.1) is 0 Å². The van der Waals surface area contributed by atoms with E-state index >= 15 is 0 Å². The molecule has 3 rings (SSSR count). The lowest BCUT2D eigenvalue weighted by Gasteiger charge is -2.42. The van der Waals surface area contributed by atoms with Gasteiger partial charge in [0, 0.05) is 5.02 Å². The van der Waals surface area contributed by atoms with Crippen LogP contribution >= 0.6 is 23.2 Å². The fraction of sp³-hybridized carbons (Fsp3) is 0.280. The number of hydrogen-bond acceptors (Lipinski definition) is 4. The molecule has 2 N–H and O–H groups in total. The molecule has 2 unspecified atom stereocenters. The van der Waals surface area contributed by atoms with Crippen molar-refractivity contribution in [3.63, 3.8) is 0 Å². The number of nitrogens with one attached hydrogen (secondary N) is 1. The summed E-state index contributed by atoms with van der Waals surface area (Å²) >= 11 is 12.3. The standard InChI is InChI=1S/C25H29Cl2NO4SSi/c1-18(32-34(2,3)4)24(28-33(30,31)23-17-21(26)15-16-22(23)27)25(29,19-11-7-5-8-12-19)20-13-9-6-10-14-20/h5-18,24,28-29H,1-4H3. The molecular weight excluding hydrogens is 509 g/mol. The molecule has 0 fully saturated rings. The average Bonchev–Trinajstić information content (AvgIpc) is 2.78. The van der Waals surface area contributed by atoms with Crippen molar-refractivity contribution in [3.05, 3.63) is 100 Å². The van der Waals surface area contributed by atoms with Crippen LogP contribution in [-0.2, 0) is 20.1 Å². The van der Waals surface area contributed by atoms with Gasteiger partial charge in [0.05, 0.1) is 17.2 Å². The van der Waals surface area contributed by atoms with Gasteiger partial charge in [0.25, 0.3) is 0 Å². The van der Waals surface area contributed by atoms with Crippen LogP contribution in [-0.4, -0.2) is 34.0 Å². The Balaban J connectivity index is 2.22. The lowest BCUT2D eigenvalue weighted by molar-refractivity contribution is -0.000965. The summed E-state index contributed by atoms with van der Waals surface area (Å²) in [5, 5.41) is 12.6. The van der Waals surface area contributed by atoms with Crippen LogP contribution in [0.3, 0.4) is 0 Å². The molecule has 0 aliphatic rings. The second-order valence-electron chi connectivity index (χ2n) is 9.11. The number of benzene rings is 3. The molecule has 0 spiro atoms. The zero-order valence-electron chi connectivity index (χ0n) is 19.5. The molecule has 2 atom stereocenters. The van der Waals surface area contributed by atoms with Crippen molar-refractivity contribution < 1.29 is 18.0 Å². The molecule has 182 valence electrons. The van der Waals surface area contributed by atoms with E-state index in [0.717, 1.165) is 0 Å². The van der Waals surface area contributed by atoms with Crippen LogP contribution in [0.2, 0.25) is 29.7 Å². The monoisotopic (exact) mass is 537 g/mol. The minimum absolute atomic E-state index is 0.0254. The summed E-state index contributed by atoms with van der Waals surface area (Å²) in [5.74, 6) is 0. The quantitative estimate of drug-likeness (QED) is 0.337. The minimum atomic E-state index is -4.20. The first kappa shape index (κ1) is 26.9. The van der Waals surface area contributed by atoms with Gasteiger partial charge in [-0.3, -0.25) is 0 Å². The maximum atomic E-state index is 13.6. The maximum absolute atomic E-state index is 13.6. The van der Waals surface area contributed by atoms with E-state index in [-0.39, 0.29) is 14.9 Å². The zero-order valence-corrected chi connectivity index (χ0v) is 22.8. The average molecular weight is 539 g/mol. The molecule has 0 aliphatic heterocycles. The third-order valence-corrected chi connectivity index (χ3v) is 8.59. The minimum Gasteiger partial charge on any atom is -0.413 e. The third kappa shape index (κ3) is 6.09. The number of sulfonamides is 1. The van der Waals surface area contributed by atoms with E-state index in [0.29, 0.717) is 11.1 Å². The van der Waals surface area contributed by atoms with Gasteiger partial charge in [-0.05, 0) is 55.9 Å². The number of halogens is 2. The van der Waals surface area contributed by atoms with E-state index in [2.05, 4.69) is 4.72 Å². The van der Waals surface area contributed by atoms with Gasteiger partial charge in [-0.2, -0.15) is 0 Å². The summed E-state index contributed by atoms with van der Waals surface area (Å²) in [4.78, 5) is -0.171. The fourth-order valence-electron chi connectivity index (χ4n) is 3.97. The molecular formula is C25H29Cl2NO4SSi. The highest BCUT2D eigenvalue weighted by Crippen LogP contribution is 2.37. The first-order valence-corrected chi connectivity index (χ1v) is 16.5. The van der Waals surface area contributed by atoms with E-state index in [9.17, 15) is 13.5 Å². The van der Waals surface area contributed by atoms with E-state index in [1.165, 1.54) is 18.2 Å². The Kier molecular flexibility index (Phi) is 8.30. The van der Waals surface area contributed by atoms with E-state index < -0.39 is 36.1 Å². The summed E-state index contributed by atoms with van der Waals surface area (Å²) < 4.78 is 36.2. The highest BCUT2D eigenvalue weighted by Gasteiger charge is 2.46. The van der Waals surface area contributed by atoms with Crippen LogP contribution < -0.4 is 4.72 Å². The largest absolute Gasteiger partial charge is 0.413 e. The highest BCUT2D eigenvalue weighted by atomic mass is 35.5. The summed E-state index contributed by atoms with van der Waals surface area (Å²) in [6, 6.07) is 21.1. The van der Waals surface area contributed by atoms with Gasteiger partial charge in [0.1, 0.15) is 10.5 Å². The van der Waals surface area contributed by atoms with Crippen molar-refractivity contribution in [2.45, 2.75) is 49.2 Å². The highest BCUT2D eigenvalue weighted by molar-refractivity contribution is 7.89. The lowest BCUT2D eigenvalue weighted by Crippen LogP contribution is -2.58. The maximum Gasteiger partial charge on any atom is 0.242 e. The fourth-order valence-corrected chi connectivity index (χ4v) is 7.31. The molecule has 0 heterocycles. The van der Waals surface area contributed by atoms with E-state index in [4.69, 9.17) is 27.6 Å². The predicted octanol–water partition coefficient (Wildman–Crippen LogP) is 5.82. The van der Waals surface area contributed by atoms with Crippen LogP contribution in [0.15, 0.2) is 83.8 Å². The van der Waals surface area contributed by atoms with Crippen LogP contribution in [0.5, 0.6) is 0 Å². The van der Waals surface area contributed by atoms with Crippen LogP contribution in [0, 0.1) is 0 Å². The summed E-state index contributed by atoms with van der Waals surface area (Å²) in [6.45, 7) is 7.79. The van der Waals surface area contributed by atoms with E-state index in [1.54, 1.807) is 55.5 Å². The number of aliphatic hydroxyl groups is 1. The van der Waals surface area contributed by atoms with Gasteiger partial charge in [-0.1, -0.05) is 83.9 Å². The van der Waals surface area contributed by atoms with Crippen molar-refractivity contribution in [2.75, 3.05) is 0 Å². The Hall–Kier alpha value is -1.71. The molecule has 0 saturated heterocycles. The van der Waals surface area contributed by atoms with Crippen LogP contribution in [0.25, 0.3) is 0 Å². The molecule has 34 heavy (non-hydrogen) atoms. The van der Waals surface area contributed by atoms with Gasteiger partial charge >= 0.3 is 0 Å². The molecule has 0 aliphatic carbocycles. The molecule has 0 amide bonds. The Morgan fingerprint density at radius 2 is 1.41 bits per heavy atom. The molecule has 0 aromatic heterocycles. The smallest absolute Gasteiger partial charge is 0.242 e. The van der Waals surface area contributed by atoms with Gasteiger partial charge < -0.3 is 9.53 Å². The molecule has 0 bridgehead atoms. The van der Waals surface area contributed by atoms with Crippen molar-refractivity contribution in [1.29, 1.82) is 0 Å². The van der Waals surface area contributed by atoms with Gasteiger partial charge in [0.15, 0.2) is 8.32 Å². The molecule has 0 saturated carbocycles. The molecule has 0 radical (unpaired) electrons. The Morgan fingerprint density at radius 1 is 0.912 bits per heavy atom. The van der Waals surface area contributed by atoms with Crippen molar-refractivity contribution in [2.24, 2.45) is 0 Å². The Morgan fingerprint density at radius 3 is 1.88 bits per heavy atom. The zero-order chi connectivity index (χ0) is 25.1. The Bertz CT molecular complexity index is 1180. The number of hydrogen-bond donors (Lipinski definition) is 2. The van der Waals surface area contributed by atoms with Crippen LogP contribution in [0.1, 0.15) is 18.1 Å². The summed E-state index contributed by atoms with van der Waals surface area (Å²) in [7, 11) is -6.33. The summed E-state index contributed by atoms with van der Waals surface area (Å²) in [5.41, 5.74) is -0.700. The second-order valence-corrected chi connectivity index (χ2v) is 16.1. The first-order chi connectivity index (χ1) is 15.8. The third-order valence-electron chi connectivity index (χ3n) is 5.35. The van der Waals surface area contributed by atoms with Gasteiger partial charge in [0.2, 0.25) is 10.0 Å². The number of rotatable bonds is 9. The topological polar surface area (TPSA) is 75.6 Å². The SMILES string of the molecule is CC(O[Si](C)(C)C)C(NS(=O)(=O)c1cc(Cl)ccc1Cl)C(O)(c1ccccc1)c1ccccc1. The normalized spacial score (nSPS) is 14.6. The van der Waals surface area contributed by atoms with Crippen molar-refractivity contribution >= 4 is 41.5 Å². The lowest BCUT2D eigenvalue weighted by atomic mass is 9.78. The molecule has 9 heteroatoms.